The number of nitrogen functional groups attached to an aromatic ring is 1. The Kier molecular flexibility index (Phi) is 3.67. The molecule has 1 saturated heterocycles. The Morgan fingerprint density at radius 1 is 1.05 bits per heavy atom. The molecule has 19 heavy (non-hydrogen) atoms. The SMILES string of the molecule is CC(C)(C)N1CCN(c2cc(F)cc(F)c2N)CC1. The van der Waals surface area contributed by atoms with Crippen molar-refractivity contribution in [2.24, 2.45) is 0 Å². The second-order valence-corrected chi connectivity index (χ2v) is 5.97. The molecule has 2 rings (SSSR count). The first-order valence-corrected chi connectivity index (χ1v) is 6.53. The maximum Gasteiger partial charge on any atom is 0.151 e. The number of halogens is 2. The highest BCUT2D eigenvalue weighted by Crippen LogP contribution is 2.29. The van der Waals surface area contributed by atoms with Crippen LogP contribution in [-0.4, -0.2) is 36.6 Å². The van der Waals surface area contributed by atoms with E-state index in [1.807, 2.05) is 4.90 Å². The lowest BCUT2D eigenvalue weighted by molar-refractivity contribution is 0.128. The largest absolute Gasteiger partial charge is 0.395 e. The van der Waals surface area contributed by atoms with Gasteiger partial charge in [-0.3, -0.25) is 4.90 Å². The van der Waals surface area contributed by atoms with Crippen LogP contribution in [0.4, 0.5) is 20.2 Å². The van der Waals surface area contributed by atoms with Crippen LogP contribution in [0.3, 0.4) is 0 Å². The monoisotopic (exact) mass is 269 g/mol. The first kappa shape index (κ1) is 14.1. The van der Waals surface area contributed by atoms with Crippen LogP contribution in [-0.2, 0) is 0 Å². The third kappa shape index (κ3) is 2.97. The van der Waals surface area contributed by atoms with Gasteiger partial charge in [0.05, 0.1) is 11.4 Å². The second kappa shape index (κ2) is 4.96. The standard InChI is InChI=1S/C14H21F2N3/c1-14(2,3)19-6-4-18(5-7-19)12-9-10(15)8-11(16)13(12)17/h8-9H,4-7,17H2,1-3H3. The van der Waals surface area contributed by atoms with E-state index in [1.54, 1.807) is 0 Å². The molecule has 0 spiro atoms. The summed E-state index contributed by atoms with van der Waals surface area (Å²) in [5.41, 5.74) is 6.32. The summed E-state index contributed by atoms with van der Waals surface area (Å²) >= 11 is 0. The summed E-state index contributed by atoms with van der Waals surface area (Å²) < 4.78 is 26.8. The van der Waals surface area contributed by atoms with Gasteiger partial charge < -0.3 is 10.6 Å². The zero-order valence-corrected chi connectivity index (χ0v) is 11.7. The first-order valence-electron chi connectivity index (χ1n) is 6.53. The molecule has 1 fully saturated rings. The highest BCUT2D eigenvalue weighted by molar-refractivity contribution is 5.68. The Bertz CT molecular complexity index is 460. The Balaban J connectivity index is 2.14. The Hall–Kier alpha value is -1.36. The minimum atomic E-state index is -0.687. The van der Waals surface area contributed by atoms with Gasteiger partial charge in [-0.1, -0.05) is 0 Å². The van der Waals surface area contributed by atoms with Gasteiger partial charge in [-0.05, 0) is 26.8 Å². The fourth-order valence-electron chi connectivity index (χ4n) is 2.45. The quantitative estimate of drug-likeness (QED) is 0.795. The molecule has 1 aromatic carbocycles. The Labute approximate surface area is 113 Å². The summed E-state index contributed by atoms with van der Waals surface area (Å²) in [6.45, 7) is 9.67. The number of anilines is 2. The molecule has 0 aromatic heterocycles. The van der Waals surface area contributed by atoms with Crippen molar-refractivity contribution in [1.82, 2.24) is 4.90 Å². The number of benzene rings is 1. The molecule has 1 aromatic rings. The molecule has 0 amide bonds. The van der Waals surface area contributed by atoms with Crippen molar-refractivity contribution >= 4 is 11.4 Å². The smallest absolute Gasteiger partial charge is 0.151 e. The summed E-state index contributed by atoms with van der Waals surface area (Å²) in [5, 5.41) is 0. The number of nitrogens with two attached hydrogens (primary N) is 1. The van der Waals surface area contributed by atoms with Crippen LogP contribution in [0.25, 0.3) is 0 Å². The molecule has 3 nitrogen and oxygen atoms in total. The van der Waals surface area contributed by atoms with E-state index in [0.717, 1.165) is 32.2 Å². The minimum Gasteiger partial charge on any atom is -0.395 e. The van der Waals surface area contributed by atoms with E-state index >= 15 is 0 Å². The molecular weight excluding hydrogens is 248 g/mol. The maximum absolute atomic E-state index is 13.5. The van der Waals surface area contributed by atoms with Crippen molar-refractivity contribution in [3.8, 4) is 0 Å². The fraction of sp³-hybridized carbons (Fsp3) is 0.571. The average Bonchev–Trinajstić information content (AvgIpc) is 2.33. The van der Waals surface area contributed by atoms with Gasteiger partial charge >= 0.3 is 0 Å². The Morgan fingerprint density at radius 2 is 1.63 bits per heavy atom. The molecule has 5 heteroatoms. The highest BCUT2D eigenvalue weighted by Gasteiger charge is 2.27. The lowest BCUT2D eigenvalue weighted by Crippen LogP contribution is -2.53. The molecule has 1 heterocycles. The molecule has 0 radical (unpaired) electrons. The van der Waals surface area contributed by atoms with Gasteiger partial charge in [0.15, 0.2) is 5.82 Å². The number of piperazine rings is 1. The van der Waals surface area contributed by atoms with Crippen molar-refractivity contribution < 1.29 is 8.78 Å². The number of hydrogen-bond donors (Lipinski definition) is 1. The molecule has 0 saturated carbocycles. The molecule has 0 aliphatic carbocycles. The van der Waals surface area contributed by atoms with E-state index < -0.39 is 11.6 Å². The third-order valence-corrected chi connectivity index (χ3v) is 3.64. The van der Waals surface area contributed by atoms with Gasteiger partial charge in [0.25, 0.3) is 0 Å². The predicted octanol–water partition coefficient (Wildman–Crippen LogP) is 2.47. The van der Waals surface area contributed by atoms with Gasteiger partial charge in [-0.25, -0.2) is 8.78 Å². The number of rotatable bonds is 1. The summed E-state index contributed by atoms with van der Waals surface area (Å²) in [6, 6.07) is 2.13. The summed E-state index contributed by atoms with van der Waals surface area (Å²) in [7, 11) is 0. The van der Waals surface area contributed by atoms with Crippen LogP contribution in [0.2, 0.25) is 0 Å². The molecule has 0 atom stereocenters. The van der Waals surface area contributed by atoms with E-state index in [9.17, 15) is 8.78 Å². The van der Waals surface area contributed by atoms with Crippen LogP contribution in [0.1, 0.15) is 20.8 Å². The highest BCUT2D eigenvalue weighted by atomic mass is 19.1. The lowest BCUT2D eigenvalue weighted by Gasteiger charge is -2.43. The van der Waals surface area contributed by atoms with Crippen LogP contribution < -0.4 is 10.6 Å². The van der Waals surface area contributed by atoms with Gasteiger partial charge in [0.2, 0.25) is 0 Å². The predicted molar refractivity (Wildman–Crippen MR) is 74.3 cm³/mol. The van der Waals surface area contributed by atoms with Gasteiger partial charge in [-0.2, -0.15) is 0 Å². The van der Waals surface area contributed by atoms with Crippen LogP contribution in [0, 0.1) is 11.6 Å². The molecule has 2 N–H and O–H groups in total. The van der Waals surface area contributed by atoms with Gasteiger partial charge in [0.1, 0.15) is 5.82 Å². The van der Waals surface area contributed by atoms with E-state index in [0.29, 0.717) is 5.69 Å². The zero-order valence-electron chi connectivity index (χ0n) is 11.7. The molecule has 0 bridgehead atoms. The topological polar surface area (TPSA) is 32.5 Å². The summed E-state index contributed by atoms with van der Waals surface area (Å²) in [5.74, 6) is -1.27. The molecule has 1 aliphatic heterocycles. The zero-order chi connectivity index (χ0) is 14.2. The number of hydrogen-bond acceptors (Lipinski definition) is 3. The normalized spacial score (nSPS) is 17.8. The Morgan fingerprint density at radius 3 is 2.16 bits per heavy atom. The lowest BCUT2D eigenvalue weighted by atomic mass is 10.0. The molecule has 1 aliphatic rings. The average molecular weight is 269 g/mol. The van der Waals surface area contributed by atoms with Crippen molar-refractivity contribution in [2.75, 3.05) is 36.8 Å². The van der Waals surface area contributed by atoms with Gasteiger partial charge in [0, 0.05) is 37.8 Å². The number of nitrogens with zero attached hydrogens (tertiary/aromatic N) is 2. The summed E-state index contributed by atoms with van der Waals surface area (Å²) in [4.78, 5) is 4.30. The second-order valence-electron chi connectivity index (χ2n) is 5.97. The van der Waals surface area contributed by atoms with Crippen molar-refractivity contribution in [1.29, 1.82) is 0 Å². The van der Waals surface area contributed by atoms with Crippen molar-refractivity contribution in [3.05, 3.63) is 23.8 Å². The maximum atomic E-state index is 13.5. The minimum absolute atomic E-state index is 0.0330. The van der Waals surface area contributed by atoms with Crippen LogP contribution in [0.5, 0.6) is 0 Å². The van der Waals surface area contributed by atoms with E-state index in [2.05, 4.69) is 25.7 Å². The molecule has 106 valence electrons. The van der Waals surface area contributed by atoms with Crippen molar-refractivity contribution in [3.63, 3.8) is 0 Å². The molecular formula is C14H21F2N3. The fourth-order valence-corrected chi connectivity index (χ4v) is 2.45. The molecule has 0 unspecified atom stereocenters. The van der Waals surface area contributed by atoms with E-state index in [-0.39, 0.29) is 11.2 Å². The van der Waals surface area contributed by atoms with Crippen LogP contribution in [0.15, 0.2) is 12.1 Å². The van der Waals surface area contributed by atoms with E-state index in [4.69, 9.17) is 5.73 Å². The third-order valence-electron chi connectivity index (χ3n) is 3.64. The van der Waals surface area contributed by atoms with E-state index in [1.165, 1.54) is 6.07 Å². The van der Waals surface area contributed by atoms with Crippen LogP contribution >= 0.6 is 0 Å². The van der Waals surface area contributed by atoms with Gasteiger partial charge in [-0.15, -0.1) is 0 Å². The van der Waals surface area contributed by atoms with Crippen molar-refractivity contribution in [2.45, 2.75) is 26.3 Å². The first-order chi connectivity index (χ1) is 8.79. The summed E-state index contributed by atoms with van der Waals surface area (Å²) in [6.07, 6.45) is 0.